The van der Waals surface area contributed by atoms with Crippen molar-refractivity contribution in [2.45, 2.75) is 12.3 Å². The van der Waals surface area contributed by atoms with E-state index in [1.807, 2.05) is 43.7 Å². The summed E-state index contributed by atoms with van der Waals surface area (Å²) in [4.78, 5) is 0. The third-order valence-corrected chi connectivity index (χ3v) is 3.49. The molecule has 0 saturated carbocycles. The van der Waals surface area contributed by atoms with Crippen LogP contribution in [0.2, 0.25) is 5.02 Å². The van der Waals surface area contributed by atoms with Crippen molar-refractivity contribution in [1.29, 1.82) is 0 Å². The zero-order valence-corrected chi connectivity index (χ0v) is 11.1. The van der Waals surface area contributed by atoms with E-state index in [4.69, 9.17) is 23.2 Å². The number of benzene rings is 1. The molecule has 1 aromatic carbocycles. The van der Waals surface area contributed by atoms with E-state index in [2.05, 4.69) is 5.10 Å². The first-order valence-corrected chi connectivity index (χ1v) is 6.40. The van der Waals surface area contributed by atoms with E-state index in [1.165, 1.54) is 5.56 Å². The maximum atomic E-state index is 6.19. The monoisotopic (exact) mass is 268 g/mol. The van der Waals surface area contributed by atoms with E-state index in [0.717, 1.165) is 17.0 Å². The number of hydrogen-bond donors (Lipinski definition) is 0. The second kappa shape index (κ2) is 5.56. The number of alkyl halides is 1. The van der Waals surface area contributed by atoms with Gasteiger partial charge < -0.3 is 0 Å². The molecule has 0 N–H and O–H groups in total. The van der Waals surface area contributed by atoms with Crippen molar-refractivity contribution in [2.24, 2.45) is 7.05 Å². The summed E-state index contributed by atoms with van der Waals surface area (Å²) in [5.74, 6) is 0.785. The van der Waals surface area contributed by atoms with E-state index in [1.54, 1.807) is 4.68 Å². The lowest BCUT2D eigenvalue weighted by atomic mass is 9.95. The Kier molecular flexibility index (Phi) is 4.08. The molecule has 0 aliphatic carbocycles. The van der Waals surface area contributed by atoms with Gasteiger partial charge in [0.2, 0.25) is 0 Å². The molecule has 0 amide bonds. The third kappa shape index (κ3) is 3.02. The highest BCUT2D eigenvalue weighted by Crippen LogP contribution is 2.28. The summed E-state index contributed by atoms with van der Waals surface area (Å²) in [6, 6.07) is 7.86. The number of rotatable bonds is 4. The van der Waals surface area contributed by atoms with Gasteiger partial charge in [-0.1, -0.05) is 29.8 Å². The van der Waals surface area contributed by atoms with E-state index in [0.29, 0.717) is 5.88 Å². The summed E-state index contributed by atoms with van der Waals surface area (Å²) < 4.78 is 1.80. The Bertz CT molecular complexity index is 494. The molecule has 0 aliphatic heterocycles. The summed E-state index contributed by atoms with van der Waals surface area (Å²) in [5.41, 5.74) is 2.28. The second-order valence-corrected chi connectivity index (χ2v) is 4.81. The molecule has 17 heavy (non-hydrogen) atoms. The summed E-state index contributed by atoms with van der Waals surface area (Å²) in [5, 5.41) is 4.94. The van der Waals surface area contributed by atoms with Crippen LogP contribution in [0.1, 0.15) is 17.0 Å². The van der Waals surface area contributed by atoms with Crippen molar-refractivity contribution in [1.82, 2.24) is 9.78 Å². The van der Waals surface area contributed by atoms with Crippen LogP contribution in [0, 0.1) is 0 Å². The van der Waals surface area contributed by atoms with Crippen LogP contribution in [0.5, 0.6) is 0 Å². The zero-order chi connectivity index (χ0) is 12.3. The standard InChI is InChI=1S/C13H14Cl2N2/c1-17-9-10(8-16-17)6-11(7-14)12-4-2-3-5-13(12)15/h2-5,8-9,11H,6-7H2,1H3. The van der Waals surface area contributed by atoms with Crippen LogP contribution in [0.15, 0.2) is 36.7 Å². The van der Waals surface area contributed by atoms with Crippen molar-refractivity contribution in [3.63, 3.8) is 0 Å². The van der Waals surface area contributed by atoms with Gasteiger partial charge in [-0.05, 0) is 23.6 Å². The third-order valence-electron chi connectivity index (χ3n) is 2.77. The summed E-state index contributed by atoms with van der Waals surface area (Å²) in [6.45, 7) is 0. The van der Waals surface area contributed by atoms with Crippen molar-refractivity contribution < 1.29 is 0 Å². The molecule has 0 aliphatic rings. The Hall–Kier alpha value is -0.990. The number of halogens is 2. The first kappa shape index (κ1) is 12.5. The molecule has 0 saturated heterocycles. The Morgan fingerprint density at radius 1 is 1.35 bits per heavy atom. The van der Waals surface area contributed by atoms with Crippen LogP contribution in [0.25, 0.3) is 0 Å². The molecule has 4 heteroatoms. The van der Waals surface area contributed by atoms with Gasteiger partial charge in [0.15, 0.2) is 0 Å². The molecule has 2 nitrogen and oxygen atoms in total. The fourth-order valence-electron chi connectivity index (χ4n) is 1.92. The fraction of sp³-hybridized carbons (Fsp3) is 0.308. The van der Waals surface area contributed by atoms with Crippen molar-refractivity contribution in [3.05, 3.63) is 52.8 Å². The highest BCUT2D eigenvalue weighted by atomic mass is 35.5. The zero-order valence-electron chi connectivity index (χ0n) is 9.61. The first-order chi connectivity index (χ1) is 8.20. The summed E-state index contributed by atoms with van der Waals surface area (Å²) in [7, 11) is 1.91. The van der Waals surface area contributed by atoms with Gasteiger partial charge in [0.25, 0.3) is 0 Å². The Labute approximate surface area is 111 Å². The number of nitrogens with zero attached hydrogens (tertiary/aromatic N) is 2. The minimum Gasteiger partial charge on any atom is -0.276 e. The molecular weight excluding hydrogens is 255 g/mol. The molecule has 1 aromatic heterocycles. The summed E-state index contributed by atoms with van der Waals surface area (Å²) >= 11 is 12.2. The molecule has 2 rings (SSSR count). The smallest absolute Gasteiger partial charge is 0.0521 e. The first-order valence-electron chi connectivity index (χ1n) is 5.48. The fourth-order valence-corrected chi connectivity index (χ4v) is 2.48. The molecule has 0 spiro atoms. The number of hydrogen-bond acceptors (Lipinski definition) is 1. The largest absolute Gasteiger partial charge is 0.276 e. The highest BCUT2D eigenvalue weighted by molar-refractivity contribution is 6.31. The van der Waals surface area contributed by atoms with Gasteiger partial charge in [0, 0.05) is 30.1 Å². The molecular formula is C13H14Cl2N2. The van der Waals surface area contributed by atoms with E-state index >= 15 is 0 Å². The lowest BCUT2D eigenvalue weighted by molar-refractivity contribution is 0.754. The average Bonchev–Trinajstić information content (AvgIpc) is 2.73. The van der Waals surface area contributed by atoms with Gasteiger partial charge in [-0.3, -0.25) is 4.68 Å². The number of aryl methyl sites for hydroxylation is 1. The quantitative estimate of drug-likeness (QED) is 0.775. The van der Waals surface area contributed by atoms with Crippen LogP contribution in [-0.2, 0) is 13.5 Å². The second-order valence-electron chi connectivity index (χ2n) is 4.10. The summed E-state index contributed by atoms with van der Waals surface area (Å²) in [6.07, 6.45) is 4.74. The van der Waals surface area contributed by atoms with Crippen molar-refractivity contribution in [2.75, 3.05) is 5.88 Å². The maximum absolute atomic E-state index is 6.19. The van der Waals surface area contributed by atoms with E-state index < -0.39 is 0 Å². The van der Waals surface area contributed by atoms with Gasteiger partial charge in [0.1, 0.15) is 0 Å². The Balaban J connectivity index is 2.20. The van der Waals surface area contributed by atoms with Crippen LogP contribution in [0.4, 0.5) is 0 Å². The minimum absolute atomic E-state index is 0.231. The average molecular weight is 269 g/mol. The van der Waals surface area contributed by atoms with Crippen molar-refractivity contribution in [3.8, 4) is 0 Å². The highest BCUT2D eigenvalue weighted by Gasteiger charge is 2.14. The topological polar surface area (TPSA) is 17.8 Å². The molecule has 1 unspecified atom stereocenters. The maximum Gasteiger partial charge on any atom is 0.0521 e. The van der Waals surface area contributed by atoms with Gasteiger partial charge >= 0.3 is 0 Å². The molecule has 90 valence electrons. The van der Waals surface area contributed by atoms with Crippen LogP contribution < -0.4 is 0 Å². The minimum atomic E-state index is 0.231. The molecule has 0 fully saturated rings. The van der Waals surface area contributed by atoms with Gasteiger partial charge in [-0.25, -0.2) is 0 Å². The Morgan fingerprint density at radius 3 is 2.71 bits per heavy atom. The lowest BCUT2D eigenvalue weighted by Gasteiger charge is -2.14. The number of aromatic nitrogens is 2. The SMILES string of the molecule is Cn1cc(CC(CCl)c2ccccc2Cl)cn1. The molecule has 0 radical (unpaired) electrons. The molecule has 0 bridgehead atoms. The van der Waals surface area contributed by atoms with Crippen LogP contribution in [0.3, 0.4) is 0 Å². The van der Waals surface area contributed by atoms with E-state index in [-0.39, 0.29) is 5.92 Å². The van der Waals surface area contributed by atoms with Gasteiger partial charge in [-0.2, -0.15) is 5.10 Å². The Morgan fingerprint density at radius 2 is 2.12 bits per heavy atom. The van der Waals surface area contributed by atoms with Crippen LogP contribution >= 0.6 is 23.2 Å². The lowest BCUT2D eigenvalue weighted by Crippen LogP contribution is -2.05. The van der Waals surface area contributed by atoms with Gasteiger partial charge in [0.05, 0.1) is 6.20 Å². The molecule has 1 atom stereocenters. The van der Waals surface area contributed by atoms with Gasteiger partial charge in [-0.15, -0.1) is 11.6 Å². The van der Waals surface area contributed by atoms with Crippen LogP contribution in [-0.4, -0.2) is 15.7 Å². The van der Waals surface area contributed by atoms with E-state index in [9.17, 15) is 0 Å². The molecule has 1 heterocycles. The predicted molar refractivity (Wildman–Crippen MR) is 71.8 cm³/mol. The van der Waals surface area contributed by atoms with Crippen molar-refractivity contribution >= 4 is 23.2 Å². The normalized spacial score (nSPS) is 12.6. The predicted octanol–water partition coefficient (Wildman–Crippen LogP) is 3.64. The molecule has 2 aromatic rings.